The monoisotopic (exact) mass is 496 g/mol. The van der Waals surface area contributed by atoms with E-state index in [0.717, 1.165) is 25.1 Å². The van der Waals surface area contributed by atoms with Crippen molar-refractivity contribution in [2.75, 3.05) is 56.6 Å². The summed E-state index contributed by atoms with van der Waals surface area (Å²) in [4.78, 5) is 42.1. The predicted molar refractivity (Wildman–Crippen MR) is 135 cm³/mol. The Morgan fingerprint density at radius 3 is 2.53 bits per heavy atom. The molecule has 9 heteroatoms. The molecule has 2 aliphatic rings. The molecule has 2 aromatic carbocycles. The number of carbonyl (C=O) groups excluding carboxylic acids is 3. The molecule has 2 N–H and O–H groups in total. The van der Waals surface area contributed by atoms with Gasteiger partial charge in [0.25, 0.3) is 5.91 Å². The van der Waals surface area contributed by atoms with Gasteiger partial charge in [0.1, 0.15) is 5.82 Å². The number of likely N-dealkylation sites (tertiary alicyclic amines) is 1. The van der Waals surface area contributed by atoms with Crippen LogP contribution in [-0.2, 0) is 14.3 Å². The number of halogens is 1. The van der Waals surface area contributed by atoms with E-state index in [9.17, 15) is 18.8 Å². The van der Waals surface area contributed by atoms with Crippen molar-refractivity contribution < 1.29 is 23.5 Å². The highest BCUT2D eigenvalue weighted by atomic mass is 19.1. The van der Waals surface area contributed by atoms with Crippen LogP contribution in [-0.4, -0.2) is 73.5 Å². The molecule has 2 fully saturated rings. The highest BCUT2D eigenvalue weighted by Crippen LogP contribution is 2.24. The highest BCUT2D eigenvalue weighted by Gasteiger charge is 2.29. The van der Waals surface area contributed by atoms with Crippen molar-refractivity contribution >= 4 is 29.1 Å². The zero-order valence-corrected chi connectivity index (χ0v) is 20.6. The molecule has 2 heterocycles. The molecular formula is C27H33FN4O4. The van der Waals surface area contributed by atoms with Crippen LogP contribution in [0.1, 0.15) is 35.2 Å². The number of hydrogen-bond acceptors (Lipinski definition) is 5. The van der Waals surface area contributed by atoms with Gasteiger partial charge in [0, 0.05) is 50.4 Å². The van der Waals surface area contributed by atoms with Gasteiger partial charge >= 0.3 is 0 Å². The predicted octanol–water partition coefficient (Wildman–Crippen LogP) is 3.29. The normalized spacial score (nSPS) is 18.5. The number of amides is 3. The van der Waals surface area contributed by atoms with Crippen LogP contribution >= 0.6 is 0 Å². The second-order valence-electron chi connectivity index (χ2n) is 9.39. The van der Waals surface area contributed by atoms with E-state index in [1.807, 2.05) is 19.1 Å². The molecule has 36 heavy (non-hydrogen) atoms. The standard InChI is InChI=1S/C27H33FN4O4/c1-19-4-6-20(7-5-19)27(35)32-11-2-3-21(18-32)26(34)29-22-8-9-23(28)24(17-22)30-25(33)10-12-31-13-15-36-16-14-31/h4-9,17,21H,2-3,10-16,18H2,1H3,(H,29,34)(H,30,33). The number of morpholine rings is 1. The first-order chi connectivity index (χ1) is 17.4. The Hall–Kier alpha value is -3.30. The van der Waals surface area contributed by atoms with Gasteiger partial charge in [0.15, 0.2) is 0 Å². The van der Waals surface area contributed by atoms with Crippen molar-refractivity contribution in [2.45, 2.75) is 26.2 Å². The summed E-state index contributed by atoms with van der Waals surface area (Å²) >= 11 is 0. The lowest BCUT2D eigenvalue weighted by molar-refractivity contribution is -0.121. The first-order valence-electron chi connectivity index (χ1n) is 12.5. The van der Waals surface area contributed by atoms with E-state index in [0.29, 0.717) is 50.5 Å². The molecule has 0 spiro atoms. The fourth-order valence-corrected chi connectivity index (χ4v) is 4.49. The molecule has 2 aliphatic heterocycles. The van der Waals surface area contributed by atoms with Gasteiger partial charge in [-0.25, -0.2) is 4.39 Å². The van der Waals surface area contributed by atoms with Gasteiger partial charge in [-0.1, -0.05) is 17.7 Å². The minimum Gasteiger partial charge on any atom is -0.379 e. The van der Waals surface area contributed by atoms with E-state index in [-0.39, 0.29) is 35.7 Å². The molecule has 2 saturated heterocycles. The molecule has 192 valence electrons. The van der Waals surface area contributed by atoms with Gasteiger partial charge in [0.2, 0.25) is 11.8 Å². The van der Waals surface area contributed by atoms with E-state index in [4.69, 9.17) is 4.74 Å². The van der Waals surface area contributed by atoms with E-state index in [2.05, 4.69) is 15.5 Å². The molecule has 2 aromatic rings. The number of aryl methyl sites for hydroxylation is 1. The third-order valence-corrected chi connectivity index (χ3v) is 6.64. The average Bonchev–Trinajstić information content (AvgIpc) is 2.90. The molecule has 1 atom stereocenters. The van der Waals surface area contributed by atoms with Gasteiger partial charge < -0.3 is 20.3 Å². The molecular weight excluding hydrogens is 463 g/mol. The minimum absolute atomic E-state index is 0.0274. The Bertz CT molecular complexity index is 1090. The Morgan fingerprint density at radius 2 is 1.78 bits per heavy atom. The number of ether oxygens (including phenoxy) is 1. The third kappa shape index (κ3) is 6.89. The summed E-state index contributed by atoms with van der Waals surface area (Å²) in [5.74, 6) is -1.55. The lowest BCUT2D eigenvalue weighted by atomic mass is 9.96. The topological polar surface area (TPSA) is 91.0 Å². The SMILES string of the molecule is Cc1ccc(C(=O)N2CCCC(C(=O)Nc3ccc(F)c(NC(=O)CCN4CCOCC4)c3)C2)cc1. The van der Waals surface area contributed by atoms with Gasteiger partial charge in [-0.15, -0.1) is 0 Å². The van der Waals surface area contributed by atoms with Crippen LogP contribution in [0, 0.1) is 18.7 Å². The van der Waals surface area contributed by atoms with Crippen molar-refractivity contribution in [1.29, 1.82) is 0 Å². The molecule has 3 amide bonds. The van der Waals surface area contributed by atoms with Crippen LogP contribution in [0.2, 0.25) is 0 Å². The van der Waals surface area contributed by atoms with Crippen molar-refractivity contribution in [3.63, 3.8) is 0 Å². The quantitative estimate of drug-likeness (QED) is 0.614. The van der Waals surface area contributed by atoms with Crippen molar-refractivity contribution in [3.8, 4) is 0 Å². The number of carbonyl (C=O) groups is 3. The second-order valence-corrected chi connectivity index (χ2v) is 9.39. The zero-order valence-electron chi connectivity index (χ0n) is 20.6. The summed E-state index contributed by atoms with van der Waals surface area (Å²) in [5, 5.41) is 5.44. The van der Waals surface area contributed by atoms with Gasteiger partial charge in [-0.3, -0.25) is 19.3 Å². The van der Waals surface area contributed by atoms with E-state index in [1.54, 1.807) is 17.0 Å². The van der Waals surface area contributed by atoms with E-state index >= 15 is 0 Å². The van der Waals surface area contributed by atoms with Crippen LogP contribution in [0.15, 0.2) is 42.5 Å². The minimum atomic E-state index is -0.569. The van der Waals surface area contributed by atoms with Gasteiger partial charge in [0.05, 0.1) is 24.8 Å². The van der Waals surface area contributed by atoms with Crippen LogP contribution < -0.4 is 10.6 Å². The van der Waals surface area contributed by atoms with Gasteiger partial charge in [-0.2, -0.15) is 0 Å². The van der Waals surface area contributed by atoms with Crippen LogP contribution in [0.3, 0.4) is 0 Å². The number of benzene rings is 2. The molecule has 8 nitrogen and oxygen atoms in total. The lowest BCUT2D eigenvalue weighted by Gasteiger charge is -2.32. The molecule has 0 bridgehead atoms. The highest BCUT2D eigenvalue weighted by molar-refractivity contribution is 5.97. The van der Waals surface area contributed by atoms with E-state index < -0.39 is 5.82 Å². The van der Waals surface area contributed by atoms with Crippen molar-refractivity contribution in [3.05, 3.63) is 59.4 Å². The first kappa shape index (κ1) is 25.8. The van der Waals surface area contributed by atoms with Crippen LogP contribution in [0.25, 0.3) is 0 Å². The Balaban J connectivity index is 1.32. The summed E-state index contributed by atoms with van der Waals surface area (Å²) < 4.78 is 19.6. The first-order valence-corrected chi connectivity index (χ1v) is 12.5. The Labute approximate surface area is 210 Å². The number of hydrogen-bond donors (Lipinski definition) is 2. The molecule has 0 radical (unpaired) electrons. The Morgan fingerprint density at radius 1 is 1.03 bits per heavy atom. The second kappa shape index (κ2) is 12.1. The van der Waals surface area contributed by atoms with E-state index in [1.165, 1.54) is 18.2 Å². The summed E-state index contributed by atoms with van der Waals surface area (Å²) in [6, 6.07) is 11.5. The smallest absolute Gasteiger partial charge is 0.253 e. The van der Waals surface area contributed by atoms with Gasteiger partial charge in [-0.05, 0) is 50.1 Å². The maximum Gasteiger partial charge on any atom is 0.253 e. The number of anilines is 2. The zero-order chi connectivity index (χ0) is 25.5. The summed E-state index contributed by atoms with van der Waals surface area (Å²) in [5.41, 5.74) is 2.11. The van der Waals surface area contributed by atoms with Crippen LogP contribution in [0.4, 0.5) is 15.8 Å². The molecule has 1 unspecified atom stereocenters. The summed E-state index contributed by atoms with van der Waals surface area (Å²) in [6.45, 7) is 6.32. The molecule has 0 aliphatic carbocycles. The van der Waals surface area contributed by atoms with Crippen LogP contribution in [0.5, 0.6) is 0 Å². The third-order valence-electron chi connectivity index (χ3n) is 6.64. The summed E-state index contributed by atoms with van der Waals surface area (Å²) in [7, 11) is 0. The number of nitrogens with one attached hydrogen (secondary N) is 2. The molecule has 0 saturated carbocycles. The lowest BCUT2D eigenvalue weighted by Crippen LogP contribution is -2.43. The molecule has 0 aromatic heterocycles. The fourth-order valence-electron chi connectivity index (χ4n) is 4.49. The number of rotatable bonds is 7. The molecule has 4 rings (SSSR count). The largest absolute Gasteiger partial charge is 0.379 e. The van der Waals surface area contributed by atoms with Crippen molar-refractivity contribution in [2.24, 2.45) is 5.92 Å². The number of piperidine rings is 1. The average molecular weight is 497 g/mol. The Kier molecular flexibility index (Phi) is 8.66. The summed E-state index contributed by atoms with van der Waals surface area (Å²) in [6.07, 6.45) is 1.63. The maximum atomic E-state index is 14.3. The maximum absolute atomic E-state index is 14.3. The fraction of sp³-hybridized carbons (Fsp3) is 0.444. The van der Waals surface area contributed by atoms with Crippen molar-refractivity contribution in [1.82, 2.24) is 9.80 Å². The number of nitrogens with zero attached hydrogens (tertiary/aromatic N) is 2.